The van der Waals surface area contributed by atoms with Gasteiger partial charge in [0.2, 0.25) is 0 Å². The SMILES string of the molecule is CCCCCCCCCCCCCCCCCCCCCCCCOCC(COP(=O)(O)OCCN)OC(=O)CCCCCCCCCCCCCCCCCC. The molecule has 0 heterocycles. The molecular weight excluding hydrogens is 734 g/mol. The first kappa shape index (κ1) is 56.5. The van der Waals surface area contributed by atoms with Gasteiger partial charge in [0, 0.05) is 19.6 Å². The molecule has 0 radical (unpaired) electrons. The third-order valence-electron chi connectivity index (χ3n) is 11.3. The van der Waals surface area contributed by atoms with Crippen molar-refractivity contribution in [1.82, 2.24) is 0 Å². The number of hydrogen-bond acceptors (Lipinski definition) is 7. The van der Waals surface area contributed by atoms with Crippen molar-refractivity contribution in [1.29, 1.82) is 0 Å². The number of phosphoric ester groups is 1. The highest BCUT2D eigenvalue weighted by Gasteiger charge is 2.25. The molecule has 0 aromatic rings. The first-order chi connectivity index (χ1) is 27.9. The topological polar surface area (TPSA) is 117 Å². The van der Waals surface area contributed by atoms with Gasteiger partial charge in [0.15, 0.2) is 0 Å². The lowest BCUT2D eigenvalue weighted by Gasteiger charge is -2.20. The number of ether oxygens (including phenoxy) is 2. The van der Waals surface area contributed by atoms with Crippen LogP contribution in [0.1, 0.15) is 264 Å². The van der Waals surface area contributed by atoms with Crippen molar-refractivity contribution in [2.45, 2.75) is 270 Å². The standard InChI is InChI=1S/C48H98NO7P/c1-3-5-7-9-11-13-15-17-19-21-22-23-24-25-26-28-30-32-34-36-38-40-43-53-45-47(46-55-57(51,52)54-44-42-49)56-48(50)41-39-37-35-33-31-29-27-20-18-16-14-12-10-8-6-4-2/h47H,3-46,49H2,1-2H3,(H,51,52). The number of phosphoric acid groups is 1. The predicted molar refractivity (Wildman–Crippen MR) is 243 cm³/mol. The molecule has 0 aromatic heterocycles. The number of nitrogens with two attached hydrogens (primary N) is 1. The number of esters is 1. The number of carbonyl (C=O) groups excluding carboxylic acids is 1. The van der Waals surface area contributed by atoms with E-state index in [9.17, 15) is 14.3 Å². The average Bonchev–Trinajstić information content (AvgIpc) is 3.20. The quantitative estimate of drug-likeness (QED) is 0.0354. The second-order valence-electron chi connectivity index (χ2n) is 17.1. The van der Waals surface area contributed by atoms with Crippen molar-refractivity contribution in [3.63, 3.8) is 0 Å². The highest BCUT2D eigenvalue weighted by atomic mass is 31.2. The average molecular weight is 832 g/mol. The third kappa shape index (κ3) is 46.4. The zero-order valence-corrected chi connectivity index (χ0v) is 39.0. The fourth-order valence-electron chi connectivity index (χ4n) is 7.59. The van der Waals surface area contributed by atoms with E-state index in [0.717, 1.165) is 32.1 Å². The van der Waals surface area contributed by atoms with Gasteiger partial charge in [0.05, 0.1) is 19.8 Å². The second kappa shape index (κ2) is 46.6. The minimum Gasteiger partial charge on any atom is -0.457 e. The van der Waals surface area contributed by atoms with Gasteiger partial charge in [-0.05, 0) is 12.8 Å². The monoisotopic (exact) mass is 832 g/mol. The van der Waals surface area contributed by atoms with Crippen LogP contribution in [-0.4, -0.2) is 49.9 Å². The number of unbranched alkanes of at least 4 members (excludes halogenated alkanes) is 36. The molecule has 0 amide bonds. The van der Waals surface area contributed by atoms with Crippen LogP contribution < -0.4 is 5.73 Å². The van der Waals surface area contributed by atoms with Crippen LogP contribution in [0, 0.1) is 0 Å². The van der Waals surface area contributed by atoms with Crippen LogP contribution in [-0.2, 0) is 27.9 Å². The maximum Gasteiger partial charge on any atom is 0.472 e. The van der Waals surface area contributed by atoms with E-state index in [2.05, 4.69) is 13.8 Å². The second-order valence-corrected chi connectivity index (χ2v) is 18.5. The van der Waals surface area contributed by atoms with Gasteiger partial charge in [-0.1, -0.05) is 245 Å². The molecular formula is C48H98NO7P. The summed E-state index contributed by atoms with van der Waals surface area (Å²) in [5.74, 6) is -0.322. The van der Waals surface area contributed by atoms with E-state index < -0.39 is 13.9 Å². The van der Waals surface area contributed by atoms with Crippen LogP contribution in [0.5, 0.6) is 0 Å². The molecule has 0 aliphatic carbocycles. The lowest BCUT2D eigenvalue weighted by Crippen LogP contribution is -2.28. The molecule has 0 aliphatic heterocycles. The summed E-state index contributed by atoms with van der Waals surface area (Å²) in [4.78, 5) is 22.5. The highest BCUT2D eigenvalue weighted by molar-refractivity contribution is 7.47. The van der Waals surface area contributed by atoms with Gasteiger partial charge in [-0.15, -0.1) is 0 Å². The summed E-state index contributed by atoms with van der Waals surface area (Å²) < 4.78 is 33.6. The van der Waals surface area contributed by atoms with Crippen molar-refractivity contribution in [3.05, 3.63) is 0 Å². The van der Waals surface area contributed by atoms with Gasteiger partial charge in [0.1, 0.15) is 6.10 Å². The fraction of sp³-hybridized carbons (Fsp3) is 0.979. The largest absolute Gasteiger partial charge is 0.472 e. The van der Waals surface area contributed by atoms with Crippen molar-refractivity contribution in [2.75, 3.05) is 33.0 Å². The Morgan fingerprint density at radius 1 is 0.456 bits per heavy atom. The van der Waals surface area contributed by atoms with Gasteiger partial charge in [0.25, 0.3) is 0 Å². The summed E-state index contributed by atoms with van der Waals surface area (Å²) in [5, 5.41) is 0. The fourth-order valence-corrected chi connectivity index (χ4v) is 8.35. The smallest absolute Gasteiger partial charge is 0.457 e. The molecule has 9 heteroatoms. The van der Waals surface area contributed by atoms with Gasteiger partial charge in [-0.3, -0.25) is 13.8 Å². The molecule has 0 rings (SSSR count). The normalized spacial score (nSPS) is 13.3. The Kier molecular flexibility index (Phi) is 46.2. The molecule has 0 aromatic carbocycles. The minimum absolute atomic E-state index is 0.0898. The molecule has 8 nitrogen and oxygen atoms in total. The molecule has 2 unspecified atom stereocenters. The van der Waals surface area contributed by atoms with Crippen LogP contribution in [0.2, 0.25) is 0 Å². The summed E-state index contributed by atoms with van der Waals surface area (Å²) in [5.41, 5.74) is 5.38. The van der Waals surface area contributed by atoms with E-state index in [1.807, 2.05) is 0 Å². The van der Waals surface area contributed by atoms with E-state index in [-0.39, 0.29) is 32.3 Å². The van der Waals surface area contributed by atoms with E-state index in [1.165, 1.54) is 212 Å². The minimum atomic E-state index is -4.27. The zero-order chi connectivity index (χ0) is 41.6. The number of carbonyl (C=O) groups is 1. The lowest BCUT2D eigenvalue weighted by atomic mass is 10.0. The Hall–Kier alpha value is -0.500. The summed E-state index contributed by atoms with van der Waals surface area (Å²) in [7, 11) is -4.27. The Bertz CT molecular complexity index is 848. The molecule has 342 valence electrons. The summed E-state index contributed by atoms with van der Waals surface area (Å²) in [6.45, 7) is 5.00. The molecule has 0 saturated heterocycles. The first-order valence-corrected chi connectivity index (χ1v) is 26.5. The maximum atomic E-state index is 12.6. The Labute approximate surface area is 354 Å². The zero-order valence-electron chi connectivity index (χ0n) is 38.1. The molecule has 0 fully saturated rings. The van der Waals surface area contributed by atoms with Crippen LogP contribution in [0.4, 0.5) is 0 Å². The van der Waals surface area contributed by atoms with Gasteiger partial charge < -0.3 is 20.1 Å². The van der Waals surface area contributed by atoms with E-state index in [1.54, 1.807) is 0 Å². The molecule has 0 saturated carbocycles. The van der Waals surface area contributed by atoms with Crippen molar-refractivity contribution in [2.24, 2.45) is 5.73 Å². The summed E-state index contributed by atoms with van der Waals surface area (Å²) >= 11 is 0. The molecule has 0 aliphatic rings. The van der Waals surface area contributed by atoms with E-state index in [4.69, 9.17) is 24.3 Å². The van der Waals surface area contributed by atoms with Crippen LogP contribution in [0.15, 0.2) is 0 Å². The molecule has 57 heavy (non-hydrogen) atoms. The van der Waals surface area contributed by atoms with E-state index >= 15 is 0 Å². The maximum absolute atomic E-state index is 12.6. The summed E-state index contributed by atoms with van der Waals surface area (Å²) in [6, 6.07) is 0. The number of rotatable bonds is 49. The van der Waals surface area contributed by atoms with Gasteiger partial charge >= 0.3 is 13.8 Å². The Balaban J connectivity index is 3.87. The van der Waals surface area contributed by atoms with Crippen molar-refractivity contribution < 1.29 is 32.8 Å². The van der Waals surface area contributed by atoms with Gasteiger partial charge in [-0.2, -0.15) is 0 Å². The first-order valence-electron chi connectivity index (χ1n) is 25.0. The third-order valence-corrected chi connectivity index (χ3v) is 12.3. The number of hydrogen-bond donors (Lipinski definition) is 2. The van der Waals surface area contributed by atoms with Crippen LogP contribution in [0.25, 0.3) is 0 Å². The van der Waals surface area contributed by atoms with Crippen LogP contribution in [0.3, 0.4) is 0 Å². The van der Waals surface area contributed by atoms with Crippen molar-refractivity contribution in [3.8, 4) is 0 Å². The predicted octanol–water partition coefficient (Wildman–Crippen LogP) is 15.3. The highest BCUT2D eigenvalue weighted by Crippen LogP contribution is 2.43. The van der Waals surface area contributed by atoms with Crippen LogP contribution >= 0.6 is 7.82 Å². The summed E-state index contributed by atoms with van der Waals surface area (Å²) in [6.07, 6.45) is 49.9. The van der Waals surface area contributed by atoms with Gasteiger partial charge in [-0.25, -0.2) is 4.57 Å². The Morgan fingerprint density at radius 3 is 1.11 bits per heavy atom. The molecule has 2 atom stereocenters. The molecule has 0 bridgehead atoms. The van der Waals surface area contributed by atoms with Crippen molar-refractivity contribution >= 4 is 13.8 Å². The lowest BCUT2D eigenvalue weighted by molar-refractivity contribution is -0.154. The molecule has 3 N–H and O–H groups in total. The Morgan fingerprint density at radius 2 is 0.772 bits per heavy atom. The molecule has 0 spiro atoms. The van der Waals surface area contributed by atoms with E-state index in [0.29, 0.717) is 13.0 Å².